The lowest BCUT2D eigenvalue weighted by atomic mass is 10.2. The molecule has 3 rings (SSSR count). The van der Waals surface area contributed by atoms with Crippen LogP contribution in [0.5, 0.6) is 0 Å². The highest BCUT2D eigenvalue weighted by Gasteiger charge is 2.17. The number of imidazole rings is 1. The second-order valence-electron chi connectivity index (χ2n) is 5.37. The fourth-order valence-corrected chi connectivity index (χ4v) is 3.15. The Hall–Kier alpha value is -2.12. The smallest absolute Gasteiger partial charge is 0.244 e. The van der Waals surface area contributed by atoms with Crippen molar-refractivity contribution in [3.05, 3.63) is 35.5 Å². The summed E-state index contributed by atoms with van der Waals surface area (Å²) < 4.78 is 1.71. The molecule has 0 aliphatic carbocycles. The van der Waals surface area contributed by atoms with Gasteiger partial charge in [0.1, 0.15) is 6.04 Å². The highest BCUT2D eigenvalue weighted by molar-refractivity contribution is 7.20. The zero-order chi connectivity index (χ0) is 16.6. The maximum absolute atomic E-state index is 11.9. The monoisotopic (exact) mass is 349 g/mol. The number of carbonyl (C=O) groups is 1. The predicted molar refractivity (Wildman–Crippen MR) is 93.1 cm³/mol. The van der Waals surface area contributed by atoms with E-state index in [-0.39, 0.29) is 11.9 Å². The molecule has 0 aliphatic heterocycles. The molecule has 2 heterocycles. The molecule has 0 saturated heterocycles. The van der Waals surface area contributed by atoms with Crippen LogP contribution in [0.15, 0.2) is 30.5 Å². The van der Waals surface area contributed by atoms with E-state index in [1.54, 1.807) is 23.5 Å². The van der Waals surface area contributed by atoms with E-state index in [1.807, 2.05) is 37.4 Å². The number of carbonyl (C=O) groups excluding carboxylic acids is 1. The standard InChI is InChI=1S/C15H16ClN5OS/c1-9(13(22)20(2)3)17-14-19-21-8-12(18-15(21)23-14)10-4-6-11(16)7-5-10/h4-9H,1-3H3,(H,17,19)/t9-/m0/s1. The van der Waals surface area contributed by atoms with Crippen molar-refractivity contribution in [2.45, 2.75) is 13.0 Å². The third-order valence-corrected chi connectivity index (χ3v) is 4.44. The number of benzene rings is 1. The SMILES string of the molecule is C[C@H](Nc1nn2cc(-c3ccc(Cl)cc3)nc2s1)C(=O)N(C)C. The molecule has 0 aliphatic rings. The molecule has 0 bridgehead atoms. The fourth-order valence-electron chi connectivity index (χ4n) is 2.15. The Balaban J connectivity index is 1.80. The molecule has 3 aromatic rings. The average Bonchev–Trinajstić information content (AvgIpc) is 3.05. The number of amides is 1. The molecule has 0 saturated carbocycles. The topological polar surface area (TPSA) is 62.5 Å². The van der Waals surface area contributed by atoms with Crippen LogP contribution in [-0.4, -0.2) is 45.5 Å². The van der Waals surface area contributed by atoms with Gasteiger partial charge in [0.15, 0.2) is 0 Å². The Bertz CT molecular complexity index is 808. The minimum absolute atomic E-state index is 0.000284. The van der Waals surface area contributed by atoms with Crippen LogP contribution in [0, 0.1) is 0 Å². The Labute approximate surface area is 142 Å². The van der Waals surface area contributed by atoms with Crippen molar-refractivity contribution in [1.82, 2.24) is 19.5 Å². The Morgan fingerprint density at radius 2 is 2.04 bits per heavy atom. The van der Waals surface area contributed by atoms with Crippen LogP contribution >= 0.6 is 22.9 Å². The second kappa shape index (κ2) is 6.17. The number of nitrogens with zero attached hydrogens (tertiary/aromatic N) is 4. The molecule has 8 heteroatoms. The summed E-state index contributed by atoms with van der Waals surface area (Å²) in [6.45, 7) is 1.81. The van der Waals surface area contributed by atoms with Gasteiger partial charge in [0, 0.05) is 24.7 Å². The lowest BCUT2D eigenvalue weighted by molar-refractivity contribution is -0.129. The van der Waals surface area contributed by atoms with Crippen molar-refractivity contribution in [3.8, 4) is 11.3 Å². The minimum Gasteiger partial charge on any atom is -0.349 e. The molecule has 1 atom stereocenters. The molecule has 0 spiro atoms. The van der Waals surface area contributed by atoms with Gasteiger partial charge in [0.05, 0.1) is 11.9 Å². The molecule has 0 radical (unpaired) electrons. The Morgan fingerprint density at radius 1 is 1.35 bits per heavy atom. The molecule has 0 fully saturated rings. The summed E-state index contributed by atoms with van der Waals surface area (Å²) in [6, 6.07) is 7.17. The van der Waals surface area contributed by atoms with Crippen LogP contribution in [-0.2, 0) is 4.79 Å². The van der Waals surface area contributed by atoms with Gasteiger partial charge >= 0.3 is 0 Å². The van der Waals surface area contributed by atoms with Crippen molar-refractivity contribution in [2.75, 3.05) is 19.4 Å². The van der Waals surface area contributed by atoms with Crippen LogP contribution in [0.2, 0.25) is 5.02 Å². The van der Waals surface area contributed by atoms with Crippen molar-refractivity contribution >= 4 is 38.9 Å². The first-order chi connectivity index (χ1) is 10.9. The largest absolute Gasteiger partial charge is 0.349 e. The second-order valence-corrected chi connectivity index (χ2v) is 6.76. The fraction of sp³-hybridized carbons (Fsp3) is 0.267. The first-order valence-electron chi connectivity index (χ1n) is 7.04. The lowest BCUT2D eigenvalue weighted by Crippen LogP contribution is -2.36. The third-order valence-electron chi connectivity index (χ3n) is 3.33. The van der Waals surface area contributed by atoms with Crippen molar-refractivity contribution in [3.63, 3.8) is 0 Å². The molecular formula is C15H16ClN5OS. The zero-order valence-electron chi connectivity index (χ0n) is 12.9. The van der Waals surface area contributed by atoms with E-state index in [0.717, 1.165) is 16.2 Å². The number of anilines is 1. The summed E-state index contributed by atoms with van der Waals surface area (Å²) in [7, 11) is 3.46. The van der Waals surface area contributed by atoms with Gasteiger partial charge in [-0.1, -0.05) is 35.1 Å². The maximum atomic E-state index is 11.9. The van der Waals surface area contributed by atoms with Crippen LogP contribution in [0.4, 0.5) is 5.13 Å². The maximum Gasteiger partial charge on any atom is 0.244 e. The molecular weight excluding hydrogens is 334 g/mol. The predicted octanol–water partition coefficient (Wildman–Crippen LogP) is 3.00. The Kier molecular flexibility index (Phi) is 4.23. The van der Waals surface area contributed by atoms with Crippen molar-refractivity contribution < 1.29 is 4.79 Å². The summed E-state index contributed by atoms with van der Waals surface area (Å²) in [5, 5.41) is 8.88. The highest BCUT2D eigenvalue weighted by atomic mass is 35.5. The number of hydrogen-bond donors (Lipinski definition) is 1. The number of nitrogens with one attached hydrogen (secondary N) is 1. The number of aromatic nitrogens is 3. The minimum atomic E-state index is -0.336. The lowest BCUT2D eigenvalue weighted by Gasteiger charge is -2.16. The summed E-state index contributed by atoms with van der Waals surface area (Å²) in [5.41, 5.74) is 1.82. The first-order valence-corrected chi connectivity index (χ1v) is 8.23. The summed E-state index contributed by atoms with van der Waals surface area (Å²) in [5.74, 6) is -0.000284. The average molecular weight is 350 g/mol. The quantitative estimate of drug-likeness (QED) is 0.786. The molecule has 2 aromatic heterocycles. The molecule has 6 nitrogen and oxygen atoms in total. The molecule has 0 unspecified atom stereocenters. The zero-order valence-corrected chi connectivity index (χ0v) is 14.5. The van der Waals surface area contributed by atoms with E-state index in [1.165, 1.54) is 11.3 Å². The summed E-state index contributed by atoms with van der Waals surface area (Å²) >= 11 is 7.30. The van der Waals surface area contributed by atoms with Gasteiger partial charge < -0.3 is 10.2 Å². The van der Waals surface area contributed by atoms with Gasteiger partial charge in [0.25, 0.3) is 0 Å². The van der Waals surface area contributed by atoms with E-state index in [0.29, 0.717) is 10.2 Å². The summed E-state index contributed by atoms with van der Waals surface area (Å²) in [4.78, 5) is 18.8. The van der Waals surface area contributed by atoms with Crippen molar-refractivity contribution in [2.24, 2.45) is 0 Å². The van der Waals surface area contributed by atoms with E-state index in [9.17, 15) is 4.79 Å². The molecule has 120 valence electrons. The number of likely N-dealkylation sites (N-methyl/N-ethyl adjacent to an activating group) is 1. The van der Waals surface area contributed by atoms with Gasteiger partial charge in [-0.25, -0.2) is 9.50 Å². The van der Waals surface area contributed by atoms with E-state index >= 15 is 0 Å². The third kappa shape index (κ3) is 3.30. The van der Waals surface area contributed by atoms with Crippen LogP contribution in [0.3, 0.4) is 0 Å². The van der Waals surface area contributed by atoms with Crippen LogP contribution in [0.1, 0.15) is 6.92 Å². The number of fused-ring (bicyclic) bond motifs is 1. The van der Waals surface area contributed by atoms with Crippen molar-refractivity contribution in [1.29, 1.82) is 0 Å². The first kappa shape index (κ1) is 15.8. The molecule has 1 amide bonds. The normalized spacial score (nSPS) is 12.3. The van der Waals surface area contributed by atoms with E-state index < -0.39 is 0 Å². The van der Waals surface area contributed by atoms with Crippen LogP contribution < -0.4 is 5.32 Å². The molecule has 23 heavy (non-hydrogen) atoms. The van der Waals surface area contributed by atoms with Gasteiger partial charge in [-0.05, 0) is 19.1 Å². The van der Waals surface area contributed by atoms with Crippen LogP contribution in [0.25, 0.3) is 16.2 Å². The summed E-state index contributed by atoms with van der Waals surface area (Å²) in [6.07, 6.45) is 1.86. The Morgan fingerprint density at radius 3 is 2.65 bits per heavy atom. The van der Waals surface area contributed by atoms with Gasteiger partial charge in [-0.2, -0.15) is 0 Å². The molecule has 1 N–H and O–H groups in total. The number of hydrogen-bond acceptors (Lipinski definition) is 5. The van der Waals surface area contributed by atoms with E-state index in [2.05, 4.69) is 15.4 Å². The molecule has 1 aromatic carbocycles. The number of halogens is 1. The highest BCUT2D eigenvalue weighted by Crippen LogP contribution is 2.25. The van der Waals surface area contributed by atoms with Gasteiger partial charge in [0.2, 0.25) is 16.0 Å². The van der Waals surface area contributed by atoms with Gasteiger partial charge in [-0.3, -0.25) is 4.79 Å². The van der Waals surface area contributed by atoms with E-state index in [4.69, 9.17) is 11.6 Å². The van der Waals surface area contributed by atoms with Gasteiger partial charge in [-0.15, -0.1) is 5.10 Å². The number of rotatable bonds is 4.